The van der Waals surface area contributed by atoms with E-state index in [1.807, 2.05) is 41.3 Å². The second kappa shape index (κ2) is 12.9. The predicted molar refractivity (Wildman–Crippen MR) is 145 cm³/mol. The fourth-order valence-corrected chi connectivity index (χ4v) is 4.55. The molecule has 0 aliphatic heterocycles. The Balaban J connectivity index is 1.70. The summed E-state index contributed by atoms with van der Waals surface area (Å²) in [5.41, 5.74) is 7.15. The maximum atomic E-state index is 13.6. The smallest absolute Gasteiger partial charge is 0.395 e. The molecule has 1 aromatic heterocycles. The zero-order valence-electron chi connectivity index (χ0n) is 21.6. The SMILES string of the molecule is NCc1cccc(-n2nc(C(F)(F)F)cc2C(=O)Nc2cccc(C(c3ccccc3)N(CCO)CCO)c2)c1. The van der Waals surface area contributed by atoms with E-state index in [0.29, 0.717) is 17.3 Å². The van der Waals surface area contributed by atoms with E-state index in [1.165, 1.54) is 0 Å². The van der Waals surface area contributed by atoms with E-state index < -0.39 is 17.8 Å². The van der Waals surface area contributed by atoms with Crippen molar-refractivity contribution in [2.75, 3.05) is 31.6 Å². The van der Waals surface area contributed by atoms with Crippen LogP contribution in [0.1, 0.15) is 38.9 Å². The summed E-state index contributed by atoms with van der Waals surface area (Å²) >= 11 is 0. The van der Waals surface area contributed by atoms with Crippen LogP contribution in [-0.2, 0) is 12.7 Å². The Labute approximate surface area is 229 Å². The molecule has 5 N–H and O–H groups in total. The molecular weight excluding hydrogens is 523 g/mol. The Hall–Kier alpha value is -4.03. The normalized spacial score (nSPS) is 12.5. The third-order valence-electron chi connectivity index (χ3n) is 6.34. The van der Waals surface area contributed by atoms with Crippen LogP contribution in [-0.4, -0.2) is 57.1 Å². The highest BCUT2D eigenvalue weighted by molar-refractivity contribution is 6.03. The molecule has 0 radical (unpaired) electrons. The Morgan fingerprint density at radius 3 is 2.25 bits per heavy atom. The van der Waals surface area contributed by atoms with Crippen molar-refractivity contribution in [2.24, 2.45) is 5.73 Å². The number of aliphatic hydroxyl groups is 2. The lowest BCUT2D eigenvalue weighted by molar-refractivity contribution is -0.141. The van der Waals surface area contributed by atoms with Gasteiger partial charge in [0.1, 0.15) is 5.69 Å². The number of hydrogen-bond acceptors (Lipinski definition) is 6. The monoisotopic (exact) mass is 553 g/mol. The number of benzene rings is 3. The van der Waals surface area contributed by atoms with Gasteiger partial charge in [-0.05, 0) is 41.0 Å². The minimum atomic E-state index is -4.75. The van der Waals surface area contributed by atoms with Gasteiger partial charge in [0.2, 0.25) is 0 Å². The lowest BCUT2D eigenvalue weighted by atomic mass is 9.96. The topological polar surface area (TPSA) is 117 Å². The highest BCUT2D eigenvalue weighted by Gasteiger charge is 2.36. The summed E-state index contributed by atoms with van der Waals surface area (Å²) in [4.78, 5) is 15.3. The van der Waals surface area contributed by atoms with E-state index in [4.69, 9.17) is 5.73 Å². The van der Waals surface area contributed by atoms with E-state index in [0.717, 1.165) is 15.8 Å². The number of nitrogens with zero attached hydrogens (tertiary/aromatic N) is 3. The summed E-state index contributed by atoms with van der Waals surface area (Å²) in [7, 11) is 0. The van der Waals surface area contributed by atoms with Gasteiger partial charge in [0, 0.05) is 31.4 Å². The van der Waals surface area contributed by atoms with Crippen LogP contribution in [0.15, 0.2) is 84.9 Å². The molecule has 0 aliphatic carbocycles. The van der Waals surface area contributed by atoms with Crippen molar-refractivity contribution >= 4 is 11.6 Å². The van der Waals surface area contributed by atoms with Crippen molar-refractivity contribution in [3.8, 4) is 5.69 Å². The van der Waals surface area contributed by atoms with E-state index in [2.05, 4.69) is 10.4 Å². The Morgan fingerprint density at radius 2 is 1.60 bits per heavy atom. The average Bonchev–Trinajstić information content (AvgIpc) is 3.41. The summed E-state index contributed by atoms with van der Waals surface area (Å²) in [6.45, 7) is 0.491. The molecule has 1 amide bonds. The van der Waals surface area contributed by atoms with Gasteiger partial charge in [-0.1, -0.05) is 54.6 Å². The number of anilines is 1. The Bertz CT molecular complexity index is 1420. The van der Waals surface area contributed by atoms with E-state index in [-0.39, 0.29) is 50.3 Å². The quantitative estimate of drug-likeness (QED) is 0.223. The second-order valence-electron chi connectivity index (χ2n) is 9.07. The molecule has 0 aliphatic rings. The molecule has 11 heteroatoms. The molecule has 40 heavy (non-hydrogen) atoms. The summed E-state index contributed by atoms with van der Waals surface area (Å²) in [5, 5.41) is 25.7. The van der Waals surface area contributed by atoms with Gasteiger partial charge in [-0.15, -0.1) is 0 Å². The number of aliphatic hydroxyl groups excluding tert-OH is 2. The van der Waals surface area contributed by atoms with Crippen LogP contribution < -0.4 is 11.1 Å². The van der Waals surface area contributed by atoms with Gasteiger partial charge in [-0.2, -0.15) is 18.3 Å². The van der Waals surface area contributed by atoms with E-state index in [1.54, 1.807) is 42.5 Å². The highest BCUT2D eigenvalue weighted by atomic mass is 19.4. The third-order valence-corrected chi connectivity index (χ3v) is 6.34. The second-order valence-corrected chi connectivity index (χ2v) is 9.07. The molecule has 3 aromatic carbocycles. The van der Waals surface area contributed by atoms with Crippen LogP contribution in [0.4, 0.5) is 18.9 Å². The van der Waals surface area contributed by atoms with E-state index in [9.17, 15) is 28.2 Å². The van der Waals surface area contributed by atoms with Crippen molar-refractivity contribution in [3.05, 3.63) is 113 Å². The van der Waals surface area contributed by atoms with Crippen LogP contribution >= 0.6 is 0 Å². The summed E-state index contributed by atoms with van der Waals surface area (Å²) < 4.78 is 41.7. The van der Waals surface area contributed by atoms with Gasteiger partial charge in [0.15, 0.2) is 5.69 Å². The standard InChI is InChI=1S/C29H30F3N5O3/c30-29(31,32)26-18-25(37(35-26)24-11-4-6-20(16-24)19-33)28(40)34-23-10-5-9-22(17-23)27(21-7-2-1-3-8-21)36(12-14-38)13-15-39/h1-11,16-18,27,38-39H,12-15,19,33H2,(H,34,40). The number of carbonyl (C=O) groups is 1. The van der Waals surface area contributed by atoms with Crippen molar-refractivity contribution in [1.82, 2.24) is 14.7 Å². The largest absolute Gasteiger partial charge is 0.435 e. The average molecular weight is 554 g/mol. The number of rotatable bonds is 11. The number of nitrogens with one attached hydrogen (secondary N) is 1. The first-order chi connectivity index (χ1) is 19.2. The number of alkyl halides is 3. The Morgan fingerprint density at radius 1 is 0.925 bits per heavy atom. The first-order valence-corrected chi connectivity index (χ1v) is 12.6. The summed E-state index contributed by atoms with van der Waals surface area (Å²) in [5.74, 6) is -0.780. The molecule has 0 fully saturated rings. The number of carbonyl (C=O) groups excluding carboxylic acids is 1. The minimum Gasteiger partial charge on any atom is -0.395 e. The van der Waals surface area contributed by atoms with Crippen molar-refractivity contribution in [2.45, 2.75) is 18.8 Å². The van der Waals surface area contributed by atoms with Gasteiger partial charge in [-0.3, -0.25) is 9.69 Å². The van der Waals surface area contributed by atoms with Crippen molar-refractivity contribution in [3.63, 3.8) is 0 Å². The fraction of sp³-hybridized carbons (Fsp3) is 0.241. The molecule has 1 atom stereocenters. The van der Waals surface area contributed by atoms with Gasteiger partial charge in [0.25, 0.3) is 5.91 Å². The van der Waals surface area contributed by atoms with Crippen LogP contribution in [0.25, 0.3) is 5.69 Å². The number of halogens is 3. The minimum absolute atomic E-state index is 0.128. The van der Waals surface area contributed by atoms with Gasteiger partial charge in [0.05, 0.1) is 24.9 Å². The number of amides is 1. The first-order valence-electron chi connectivity index (χ1n) is 12.6. The van der Waals surface area contributed by atoms with Gasteiger partial charge in [-0.25, -0.2) is 4.68 Å². The molecule has 0 spiro atoms. The third kappa shape index (κ3) is 6.75. The van der Waals surface area contributed by atoms with Crippen LogP contribution in [0.5, 0.6) is 0 Å². The number of hydrogen-bond donors (Lipinski definition) is 4. The highest BCUT2D eigenvalue weighted by Crippen LogP contribution is 2.32. The molecular formula is C29H30F3N5O3. The van der Waals surface area contributed by atoms with Crippen molar-refractivity contribution in [1.29, 1.82) is 0 Å². The Kier molecular flexibility index (Phi) is 9.33. The van der Waals surface area contributed by atoms with Crippen molar-refractivity contribution < 1.29 is 28.2 Å². The molecule has 1 unspecified atom stereocenters. The maximum Gasteiger partial charge on any atom is 0.435 e. The fourth-order valence-electron chi connectivity index (χ4n) is 4.55. The van der Waals surface area contributed by atoms with Crippen LogP contribution in [0.3, 0.4) is 0 Å². The lowest BCUT2D eigenvalue weighted by Gasteiger charge is -2.32. The maximum absolute atomic E-state index is 13.6. The molecule has 1 heterocycles. The van der Waals surface area contributed by atoms with E-state index >= 15 is 0 Å². The zero-order valence-corrected chi connectivity index (χ0v) is 21.6. The number of aromatic nitrogens is 2. The molecule has 0 saturated heterocycles. The zero-order chi connectivity index (χ0) is 28.7. The molecule has 210 valence electrons. The predicted octanol–water partition coefficient (Wildman–Crippen LogP) is 3.98. The molecule has 0 saturated carbocycles. The lowest BCUT2D eigenvalue weighted by Crippen LogP contribution is -2.34. The molecule has 4 rings (SSSR count). The summed E-state index contributed by atoms with van der Waals surface area (Å²) in [6.07, 6.45) is -4.75. The van der Waals surface area contributed by atoms with Gasteiger partial charge < -0.3 is 21.3 Å². The molecule has 4 aromatic rings. The van der Waals surface area contributed by atoms with Gasteiger partial charge >= 0.3 is 6.18 Å². The molecule has 0 bridgehead atoms. The first kappa shape index (κ1) is 29.0. The summed E-state index contributed by atoms with van der Waals surface area (Å²) in [6, 6.07) is 23.2. The van der Waals surface area contributed by atoms with Crippen LogP contribution in [0.2, 0.25) is 0 Å². The van der Waals surface area contributed by atoms with Crippen LogP contribution in [0, 0.1) is 0 Å². The molecule has 8 nitrogen and oxygen atoms in total. The number of nitrogens with two attached hydrogens (primary N) is 1.